The Labute approximate surface area is 100 Å². The molecular formula is C14H14OS. The second-order valence-corrected chi connectivity index (χ2v) is 4.69. The Morgan fingerprint density at radius 3 is 2.31 bits per heavy atom. The van der Waals surface area contributed by atoms with E-state index >= 15 is 0 Å². The molecule has 0 heterocycles. The van der Waals surface area contributed by atoms with E-state index in [1.54, 1.807) is 18.9 Å². The molecule has 82 valence electrons. The monoisotopic (exact) mass is 230 g/mol. The van der Waals surface area contributed by atoms with Crippen molar-refractivity contribution in [2.24, 2.45) is 0 Å². The molecule has 2 aromatic rings. The average molecular weight is 230 g/mol. The Balaban J connectivity index is 2.20. The summed E-state index contributed by atoms with van der Waals surface area (Å²) < 4.78 is 5.24. The van der Waals surface area contributed by atoms with Gasteiger partial charge in [0.15, 0.2) is 0 Å². The van der Waals surface area contributed by atoms with Crippen LogP contribution >= 0.6 is 11.8 Å². The van der Waals surface area contributed by atoms with E-state index in [-0.39, 0.29) is 0 Å². The molecule has 0 saturated heterocycles. The van der Waals surface area contributed by atoms with Gasteiger partial charge in [-0.05, 0) is 42.8 Å². The van der Waals surface area contributed by atoms with Crippen molar-refractivity contribution in [2.45, 2.75) is 16.7 Å². The Bertz CT molecular complexity index is 465. The quantitative estimate of drug-likeness (QED) is 0.783. The third kappa shape index (κ3) is 2.58. The van der Waals surface area contributed by atoms with Crippen LogP contribution in [-0.4, -0.2) is 7.11 Å². The predicted octanol–water partition coefficient (Wildman–Crippen LogP) is 4.15. The van der Waals surface area contributed by atoms with Gasteiger partial charge in [-0.25, -0.2) is 0 Å². The van der Waals surface area contributed by atoms with Crippen LogP contribution in [0.5, 0.6) is 5.75 Å². The zero-order valence-corrected chi connectivity index (χ0v) is 10.3. The van der Waals surface area contributed by atoms with Gasteiger partial charge in [0, 0.05) is 9.79 Å². The molecule has 0 aromatic heterocycles. The molecule has 0 saturated carbocycles. The lowest BCUT2D eigenvalue weighted by molar-refractivity contribution is 0.411. The predicted molar refractivity (Wildman–Crippen MR) is 68.3 cm³/mol. The summed E-state index contributed by atoms with van der Waals surface area (Å²) in [4.78, 5) is 2.50. The molecule has 2 aromatic carbocycles. The molecule has 0 N–H and O–H groups in total. The summed E-state index contributed by atoms with van der Waals surface area (Å²) >= 11 is 1.77. The molecule has 0 atom stereocenters. The van der Waals surface area contributed by atoms with Gasteiger partial charge in [-0.3, -0.25) is 0 Å². The maximum atomic E-state index is 5.24. The Kier molecular flexibility index (Phi) is 3.52. The number of ether oxygens (including phenoxy) is 1. The van der Waals surface area contributed by atoms with Gasteiger partial charge < -0.3 is 4.74 Å². The minimum absolute atomic E-state index is 0.942. The molecule has 0 aliphatic carbocycles. The summed E-state index contributed by atoms with van der Waals surface area (Å²) in [5.74, 6) is 0.942. The van der Waals surface area contributed by atoms with Gasteiger partial charge in [-0.15, -0.1) is 0 Å². The molecule has 1 nitrogen and oxygen atoms in total. The standard InChI is InChI=1S/C14H14OS/c1-11-10-13(8-9-14(11)15-2)16-12-6-4-3-5-7-12/h3-10H,1-2H3. The largest absolute Gasteiger partial charge is 0.496 e. The van der Waals surface area contributed by atoms with Crippen LogP contribution in [0.4, 0.5) is 0 Å². The molecule has 0 aliphatic heterocycles. The molecule has 16 heavy (non-hydrogen) atoms. The highest BCUT2D eigenvalue weighted by atomic mass is 32.2. The first kappa shape index (κ1) is 11.1. The fourth-order valence-electron chi connectivity index (χ4n) is 1.54. The fourth-order valence-corrected chi connectivity index (χ4v) is 2.48. The lowest BCUT2D eigenvalue weighted by Gasteiger charge is -2.07. The van der Waals surface area contributed by atoms with Crippen molar-refractivity contribution in [1.29, 1.82) is 0 Å². The van der Waals surface area contributed by atoms with Crippen molar-refractivity contribution in [3.8, 4) is 5.75 Å². The lowest BCUT2D eigenvalue weighted by Crippen LogP contribution is -1.86. The summed E-state index contributed by atoms with van der Waals surface area (Å²) in [5.41, 5.74) is 1.17. The maximum absolute atomic E-state index is 5.24. The first-order valence-electron chi connectivity index (χ1n) is 5.17. The molecule has 0 aliphatic rings. The zero-order chi connectivity index (χ0) is 11.4. The normalized spacial score (nSPS) is 10.1. The van der Waals surface area contributed by atoms with Crippen molar-refractivity contribution in [1.82, 2.24) is 0 Å². The molecule has 0 radical (unpaired) electrons. The number of methoxy groups -OCH3 is 1. The molecule has 2 heteroatoms. The van der Waals surface area contributed by atoms with Crippen molar-refractivity contribution >= 4 is 11.8 Å². The van der Waals surface area contributed by atoms with E-state index in [1.807, 2.05) is 12.1 Å². The van der Waals surface area contributed by atoms with E-state index in [0.717, 1.165) is 5.75 Å². The Hall–Kier alpha value is -1.41. The number of hydrogen-bond donors (Lipinski definition) is 0. The third-order valence-corrected chi connectivity index (χ3v) is 3.34. The summed E-state index contributed by atoms with van der Waals surface area (Å²) in [6.07, 6.45) is 0. The highest BCUT2D eigenvalue weighted by molar-refractivity contribution is 7.99. The molecule has 0 amide bonds. The number of benzene rings is 2. The minimum atomic E-state index is 0.942. The first-order valence-corrected chi connectivity index (χ1v) is 5.99. The summed E-state index contributed by atoms with van der Waals surface area (Å²) in [5, 5.41) is 0. The SMILES string of the molecule is COc1ccc(Sc2ccccc2)cc1C. The molecular weight excluding hydrogens is 216 g/mol. The van der Waals surface area contributed by atoms with E-state index in [1.165, 1.54) is 15.4 Å². The first-order chi connectivity index (χ1) is 7.79. The Morgan fingerprint density at radius 1 is 0.938 bits per heavy atom. The van der Waals surface area contributed by atoms with Crippen molar-refractivity contribution in [3.05, 3.63) is 54.1 Å². The van der Waals surface area contributed by atoms with Crippen LogP contribution in [0, 0.1) is 6.92 Å². The second kappa shape index (κ2) is 5.08. The van der Waals surface area contributed by atoms with Crippen molar-refractivity contribution < 1.29 is 4.74 Å². The van der Waals surface area contributed by atoms with E-state index in [0.29, 0.717) is 0 Å². The van der Waals surface area contributed by atoms with E-state index in [2.05, 4.69) is 43.3 Å². The van der Waals surface area contributed by atoms with Crippen LogP contribution < -0.4 is 4.74 Å². The van der Waals surface area contributed by atoms with Crippen molar-refractivity contribution in [2.75, 3.05) is 7.11 Å². The van der Waals surface area contributed by atoms with Crippen LogP contribution in [0.25, 0.3) is 0 Å². The highest BCUT2D eigenvalue weighted by Gasteiger charge is 2.01. The number of hydrogen-bond acceptors (Lipinski definition) is 2. The van der Waals surface area contributed by atoms with Crippen LogP contribution in [0.2, 0.25) is 0 Å². The molecule has 0 spiro atoms. The van der Waals surface area contributed by atoms with Gasteiger partial charge in [0.25, 0.3) is 0 Å². The number of aryl methyl sites for hydroxylation is 1. The maximum Gasteiger partial charge on any atom is 0.121 e. The van der Waals surface area contributed by atoms with Gasteiger partial charge in [0.2, 0.25) is 0 Å². The fraction of sp³-hybridized carbons (Fsp3) is 0.143. The van der Waals surface area contributed by atoms with Crippen molar-refractivity contribution in [3.63, 3.8) is 0 Å². The number of rotatable bonds is 3. The Morgan fingerprint density at radius 2 is 1.69 bits per heavy atom. The van der Waals surface area contributed by atoms with Gasteiger partial charge in [0.1, 0.15) is 5.75 Å². The molecule has 0 unspecified atom stereocenters. The van der Waals surface area contributed by atoms with E-state index in [9.17, 15) is 0 Å². The van der Waals surface area contributed by atoms with Crippen LogP contribution in [-0.2, 0) is 0 Å². The van der Waals surface area contributed by atoms with Gasteiger partial charge in [-0.1, -0.05) is 30.0 Å². The average Bonchev–Trinajstić information content (AvgIpc) is 2.31. The van der Waals surface area contributed by atoms with E-state index in [4.69, 9.17) is 4.74 Å². The third-order valence-electron chi connectivity index (χ3n) is 2.35. The molecule has 0 fully saturated rings. The topological polar surface area (TPSA) is 9.23 Å². The van der Waals surface area contributed by atoms with Gasteiger partial charge >= 0.3 is 0 Å². The van der Waals surface area contributed by atoms with Crippen LogP contribution in [0.3, 0.4) is 0 Å². The zero-order valence-electron chi connectivity index (χ0n) is 9.44. The summed E-state index contributed by atoms with van der Waals surface area (Å²) in [6, 6.07) is 16.6. The smallest absolute Gasteiger partial charge is 0.121 e. The van der Waals surface area contributed by atoms with E-state index < -0.39 is 0 Å². The molecule has 0 bridgehead atoms. The lowest BCUT2D eigenvalue weighted by atomic mass is 10.2. The van der Waals surface area contributed by atoms with Gasteiger partial charge in [0.05, 0.1) is 7.11 Å². The summed E-state index contributed by atoms with van der Waals surface area (Å²) in [7, 11) is 1.70. The van der Waals surface area contributed by atoms with Gasteiger partial charge in [-0.2, -0.15) is 0 Å². The van der Waals surface area contributed by atoms with Crippen LogP contribution in [0.1, 0.15) is 5.56 Å². The summed E-state index contributed by atoms with van der Waals surface area (Å²) in [6.45, 7) is 2.06. The highest BCUT2D eigenvalue weighted by Crippen LogP contribution is 2.30. The van der Waals surface area contributed by atoms with Crippen LogP contribution in [0.15, 0.2) is 58.3 Å². The molecule has 2 rings (SSSR count). The minimum Gasteiger partial charge on any atom is -0.496 e. The second-order valence-electron chi connectivity index (χ2n) is 3.55.